The van der Waals surface area contributed by atoms with Gasteiger partial charge in [-0.2, -0.15) is 0 Å². The minimum absolute atomic E-state index is 0.0271. The lowest BCUT2D eigenvalue weighted by molar-refractivity contribution is 0.282. The second kappa shape index (κ2) is 5.60. The predicted octanol–water partition coefficient (Wildman–Crippen LogP) is 3.07. The molecule has 0 unspecified atom stereocenters. The van der Waals surface area contributed by atoms with Crippen LogP contribution < -0.4 is 5.32 Å². The number of anilines is 1. The number of aliphatic hydroxyl groups is 1. The lowest BCUT2D eigenvalue weighted by atomic mass is 10.2. The van der Waals surface area contributed by atoms with E-state index in [0.717, 1.165) is 23.4 Å². The highest BCUT2D eigenvalue weighted by molar-refractivity contribution is 5.46. The third kappa shape index (κ3) is 3.05. The van der Waals surface area contributed by atoms with E-state index in [9.17, 15) is 8.78 Å². The number of hydrogen-bond acceptors (Lipinski definition) is 2. The van der Waals surface area contributed by atoms with E-state index in [4.69, 9.17) is 5.11 Å². The lowest BCUT2D eigenvalue weighted by Gasteiger charge is -2.08. The van der Waals surface area contributed by atoms with E-state index in [1.807, 2.05) is 18.2 Å². The molecule has 0 atom stereocenters. The molecule has 0 spiro atoms. The first kappa shape index (κ1) is 12.5. The molecule has 2 nitrogen and oxygen atoms in total. The second-order valence-electron chi connectivity index (χ2n) is 3.96. The minimum Gasteiger partial charge on any atom is -0.392 e. The highest BCUT2D eigenvalue weighted by atomic mass is 19.2. The zero-order valence-corrected chi connectivity index (χ0v) is 9.66. The van der Waals surface area contributed by atoms with Crippen molar-refractivity contribution in [1.29, 1.82) is 0 Å². The number of nitrogens with one attached hydrogen (secondary N) is 1. The molecule has 0 amide bonds. The molecular formula is C14H13F2NO. The van der Waals surface area contributed by atoms with Crippen LogP contribution in [0.2, 0.25) is 0 Å². The summed E-state index contributed by atoms with van der Waals surface area (Å²) in [5.41, 5.74) is 2.28. The Hall–Kier alpha value is -1.94. The molecule has 2 aromatic rings. The fourth-order valence-corrected chi connectivity index (χ4v) is 1.63. The van der Waals surface area contributed by atoms with E-state index in [1.165, 1.54) is 6.07 Å². The molecule has 4 heteroatoms. The van der Waals surface area contributed by atoms with Crippen LogP contribution in [0.25, 0.3) is 0 Å². The fraction of sp³-hybridized carbons (Fsp3) is 0.143. The summed E-state index contributed by atoms with van der Waals surface area (Å²) in [6, 6.07) is 11.1. The van der Waals surface area contributed by atoms with Gasteiger partial charge in [-0.15, -0.1) is 0 Å². The van der Waals surface area contributed by atoms with E-state index in [-0.39, 0.29) is 6.61 Å². The van der Waals surface area contributed by atoms with Crippen molar-refractivity contribution in [3.05, 3.63) is 65.2 Å². The summed E-state index contributed by atoms with van der Waals surface area (Å²) in [6.45, 7) is 0.368. The molecule has 2 rings (SSSR count). The molecule has 18 heavy (non-hydrogen) atoms. The van der Waals surface area contributed by atoms with Gasteiger partial charge in [0, 0.05) is 12.2 Å². The normalized spacial score (nSPS) is 10.4. The van der Waals surface area contributed by atoms with Crippen molar-refractivity contribution in [2.24, 2.45) is 0 Å². The van der Waals surface area contributed by atoms with Gasteiger partial charge in [-0.3, -0.25) is 0 Å². The molecule has 0 radical (unpaired) electrons. The second-order valence-corrected chi connectivity index (χ2v) is 3.96. The van der Waals surface area contributed by atoms with Crippen molar-refractivity contribution in [3.63, 3.8) is 0 Å². The van der Waals surface area contributed by atoms with E-state index in [0.29, 0.717) is 12.1 Å². The number of halogens is 2. The summed E-state index contributed by atoms with van der Waals surface area (Å²) in [6.07, 6.45) is 0. The number of benzene rings is 2. The summed E-state index contributed by atoms with van der Waals surface area (Å²) >= 11 is 0. The van der Waals surface area contributed by atoms with Crippen LogP contribution in [0.5, 0.6) is 0 Å². The van der Waals surface area contributed by atoms with E-state index in [1.54, 1.807) is 6.07 Å². The molecule has 0 fully saturated rings. The SMILES string of the molecule is OCc1cccc(NCc2ccc(F)c(F)c2)c1. The van der Waals surface area contributed by atoms with Gasteiger partial charge in [0.05, 0.1) is 6.61 Å². The van der Waals surface area contributed by atoms with E-state index >= 15 is 0 Å². The number of hydrogen-bond donors (Lipinski definition) is 2. The van der Waals surface area contributed by atoms with Crippen LogP contribution in [0, 0.1) is 11.6 Å². The molecule has 0 bridgehead atoms. The van der Waals surface area contributed by atoms with Gasteiger partial charge in [0.2, 0.25) is 0 Å². The first-order valence-electron chi connectivity index (χ1n) is 5.56. The van der Waals surface area contributed by atoms with E-state index < -0.39 is 11.6 Å². The van der Waals surface area contributed by atoms with Gasteiger partial charge in [0.15, 0.2) is 11.6 Å². The van der Waals surface area contributed by atoms with Gasteiger partial charge in [0.1, 0.15) is 0 Å². The average Bonchev–Trinajstić information content (AvgIpc) is 2.40. The molecule has 0 heterocycles. The van der Waals surface area contributed by atoms with Gasteiger partial charge < -0.3 is 10.4 Å². The van der Waals surface area contributed by atoms with Crippen LogP contribution in [0.1, 0.15) is 11.1 Å². The quantitative estimate of drug-likeness (QED) is 0.872. The van der Waals surface area contributed by atoms with Crippen molar-refractivity contribution < 1.29 is 13.9 Å². The molecule has 0 saturated heterocycles. The first-order valence-corrected chi connectivity index (χ1v) is 5.56. The van der Waals surface area contributed by atoms with Crippen LogP contribution in [0.15, 0.2) is 42.5 Å². The number of aliphatic hydroxyl groups excluding tert-OH is 1. The van der Waals surface area contributed by atoms with Gasteiger partial charge in [-0.1, -0.05) is 18.2 Å². The van der Waals surface area contributed by atoms with Gasteiger partial charge in [0.25, 0.3) is 0 Å². The Balaban J connectivity index is 2.04. The summed E-state index contributed by atoms with van der Waals surface area (Å²) in [5, 5.41) is 12.1. The van der Waals surface area contributed by atoms with Crippen molar-refractivity contribution in [3.8, 4) is 0 Å². The molecule has 0 aliphatic heterocycles. The monoisotopic (exact) mass is 249 g/mol. The lowest BCUT2D eigenvalue weighted by Crippen LogP contribution is -2.01. The van der Waals surface area contributed by atoms with Crippen LogP contribution >= 0.6 is 0 Å². The standard InChI is InChI=1S/C14H13F2NO/c15-13-5-4-10(7-14(13)16)8-17-12-3-1-2-11(6-12)9-18/h1-7,17-18H,8-9H2. The van der Waals surface area contributed by atoms with Crippen molar-refractivity contribution >= 4 is 5.69 Å². The molecular weight excluding hydrogens is 236 g/mol. The highest BCUT2D eigenvalue weighted by Crippen LogP contribution is 2.13. The summed E-state index contributed by atoms with van der Waals surface area (Å²) in [7, 11) is 0. The third-order valence-electron chi connectivity index (χ3n) is 2.59. The Morgan fingerprint density at radius 3 is 2.50 bits per heavy atom. The molecule has 2 aromatic carbocycles. The summed E-state index contributed by atoms with van der Waals surface area (Å²) < 4.78 is 25.7. The average molecular weight is 249 g/mol. The predicted molar refractivity (Wildman–Crippen MR) is 66.0 cm³/mol. The maximum Gasteiger partial charge on any atom is 0.159 e. The van der Waals surface area contributed by atoms with Gasteiger partial charge in [-0.05, 0) is 35.4 Å². The molecule has 0 aromatic heterocycles. The number of rotatable bonds is 4. The van der Waals surface area contributed by atoms with Crippen molar-refractivity contribution in [2.75, 3.05) is 5.32 Å². The topological polar surface area (TPSA) is 32.3 Å². The Labute approximate surface area is 104 Å². The fourth-order valence-electron chi connectivity index (χ4n) is 1.63. The first-order chi connectivity index (χ1) is 8.69. The minimum atomic E-state index is -0.849. The van der Waals surface area contributed by atoms with Crippen LogP contribution in [-0.4, -0.2) is 5.11 Å². The molecule has 0 aliphatic carbocycles. The Bertz CT molecular complexity index is 543. The zero-order chi connectivity index (χ0) is 13.0. The summed E-state index contributed by atoms with van der Waals surface area (Å²) in [5.74, 6) is -1.69. The molecule has 94 valence electrons. The maximum absolute atomic E-state index is 13.0. The molecule has 0 saturated carbocycles. The zero-order valence-electron chi connectivity index (χ0n) is 9.66. The van der Waals surface area contributed by atoms with Crippen LogP contribution in [0.4, 0.5) is 14.5 Å². The third-order valence-corrected chi connectivity index (χ3v) is 2.59. The smallest absolute Gasteiger partial charge is 0.159 e. The largest absolute Gasteiger partial charge is 0.392 e. The van der Waals surface area contributed by atoms with Crippen LogP contribution in [0.3, 0.4) is 0 Å². The maximum atomic E-state index is 13.0. The van der Waals surface area contributed by atoms with Crippen molar-refractivity contribution in [2.45, 2.75) is 13.2 Å². The molecule has 2 N–H and O–H groups in total. The highest BCUT2D eigenvalue weighted by Gasteiger charge is 2.02. The Morgan fingerprint density at radius 2 is 1.78 bits per heavy atom. The van der Waals surface area contributed by atoms with Gasteiger partial charge in [-0.25, -0.2) is 8.78 Å². The summed E-state index contributed by atoms with van der Waals surface area (Å²) in [4.78, 5) is 0. The van der Waals surface area contributed by atoms with Gasteiger partial charge >= 0.3 is 0 Å². The van der Waals surface area contributed by atoms with Crippen molar-refractivity contribution in [1.82, 2.24) is 0 Å². The van der Waals surface area contributed by atoms with Crippen LogP contribution in [-0.2, 0) is 13.2 Å². The molecule has 0 aliphatic rings. The Kier molecular flexibility index (Phi) is 3.89. The Morgan fingerprint density at radius 1 is 0.944 bits per heavy atom. The van der Waals surface area contributed by atoms with E-state index in [2.05, 4.69) is 5.32 Å².